The summed E-state index contributed by atoms with van der Waals surface area (Å²) in [6, 6.07) is 10.4. The summed E-state index contributed by atoms with van der Waals surface area (Å²) in [6.45, 7) is 2.99. The number of allylic oxidation sites excluding steroid dienone is 1. The van der Waals surface area contributed by atoms with E-state index in [1.165, 1.54) is 6.08 Å². The van der Waals surface area contributed by atoms with Crippen LogP contribution in [0.1, 0.15) is 35.7 Å². The van der Waals surface area contributed by atoms with Gasteiger partial charge in [0.25, 0.3) is 0 Å². The number of hydrogen-bond donors (Lipinski definition) is 1. The maximum Gasteiger partial charge on any atom is 0.227 e. The van der Waals surface area contributed by atoms with Gasteiger partial charge in [0.15, 0.2) is 17.3 Å². The van der Waals surface area contributed by atoms with Crippen LogP contribution in [0.5, 0.6) is 11.5 Å². The first-order valence-corrected chi connectivity index (χ1v) is 9.57. The number of anilines is 1. The molecule has 1 heterocycles. The highest BCUT2D eigenvalue weighted by Gasteiger charge is 2.21. The van der Waals surface area contributed by atoms with Gasteiger partial charge in [-0.1, -0.05) is 6.08 Å². The molecular formula is C21H20BrNO4. The average molecular weight is 430 g/mol. The Morgan fingerprint density at radius 3 is 2.67 bits per heavy atom. The molecule has 1 aliphatic heterocycles. The first kappa shape index (κ1) is 19.2. The van der Waals surface area contributed by atoms with E-state index in [4.69, 9.17) is 4.74 Å². The second kappa shape index (κ2) is 8.39. The molecule has 0 spiro atoms. The molecule has 0 aromatic heterocycles. The Morgan fingerprint density at radius 2 is 2.04 bits per heavy atom. The van der Waals surface area contributed by atoms with E-state index < -0.39 is 0 Å². The SMILES string of the molecule is CCOc1cc(/C=C/C(=O)c2ccc(N3CCCC3=O)cc2)cc(Br)c1O. The molecule has 0 aliphatic carbocycles. The normalized spacial score (nSPS) is 14.1. The number of aromatic hydroxyl groups is 1. The van der Waals surface area contributed by atoms with Crippen LogP contribution in [0, 0.1) is 0 Å². The molecule has 1 saturated heterocycles. The predicted molar refractivity (Wildman–Crippen MR) is 108 cm³/mol. The van der Waals surface area contributed by atoms with Gasteiger partial charge in [0, 0.05) is 24.2 Å². The monoisotopic (exact) mass is 429 g/mol. The summed E-state index contributed by atoms with van der Waals surface area (Å²) in [4.78, 5) is 26.0. The number of carbonyl (C=O) groups is 2. The summed E-state index contributed by atoms with van der Waals surface area (Å²) in [6.07, 6.45) is 4.60. The van der Waals surface area contributed by atoms with Crippen LogP contribution < -0.4 is 9.64 Å². The fourth-order valence-corrected chi connectivity index (χ4v) is 3.41. The Bertz CT molecular complexity index is 890. The van der Waals surface area contributed by atoms with Crippen LogP contribution in [0.25, 0.3) is 6.08 Å². The van der Waals surface area contributed by atoms with E-state index in [-0.39, 0.29) is 17.4 Å². The first-order valence-electron chi connectivity index (χ1n) is 8.77. The van der Waals surface area contributed by atoms with Crippen molar-refractivity contribution >= 4 is 39.4 Å². The number of carbonyl (C=O) groups excluding carboxylic acids is 2. The molecule has 0 bridgehead atoms. The lowest BCUT2D eigenvalue weighted by molar-refractivity contribution is -0.117. The summed E-state index contributed by atoms with van der Waals surface area (Å²) < 4.78 is 5.89. The van der Waals surface area contributed by atoms with Crippen molar-refractivity contribution in [3.05, 3.63) is 58.1 Å². The standard InChI is InChI=1S/C21H20BrNO4/c1-2-27-19-13-14(12-17(22)21(19)26)5-10-18(24)15-6-8-16(9-7-15)23-11-3-4-20(23)25/h5-10,12-13,26H,2-4,11H2,1H3/b10-5+. The number of ketones is 1. The van der Waals surface area contributed by atoms with Gasteiger partial charge in [-0.3, -0.25) is 9.59 Å². The van der Waals surface area contributed by atoms with Gasteiger partial charge >= 0.3 is 0 Å². The molecule has 0 atom stereocenters. The van der Waals surface area contributed by atoms with Gasteiger partial charge in [-0.05, 0) is 77.3 Å². The van der Waals surface area contributed by atoms with E-state index >= 15 is 0 Å². The fourth-order valence-electron chi connectivity index (χ4n) is 2.95. The number of amides is 1. The summed E-state index contributed by atoms with van der Waals surface area (Å²) in [5.74, 6) is 0.374. The lowest BCUT2D eigenvalue weighted by Gasteiger charge is -2.15. The summed E-state index contributed by atoms with van der Waals surface area (Å²) in [5, 5.41) is 9.95. The predicted octanol–water partition coefficient (Wildman–Crippen LogP) is 4.58. The van der Waals surface area contributed by atoms with Gasteiger partial charge in [0.05, 0.1) is 11.1 Å². The number of benzene rings is 2. The molecule has 1 aliphatic rings. The lowest BCUT2D eigenvalue weighted by atomic mass is 10.1. The van der Waals surface area contributed by atoms with Crippen LogP contribution in [0.4, 0.5) is 5.69 Å². The fraction of sp³-hybridized carbons (Fsp3) is 0.238. The molecule has 1 fully saturated rings. The molecule has 3 rings (SSSR count). The van der Waals surface area contributed by atoms with E-state index in [9.17, 15) is 14.7 Å². The zero-order chi connectivity index (χ0) is 19.4. The Kier molecular flexibility index (Phi) is 5.96. The third-order valence-electron chi connectivity index (χ3n) is 4.31. The molecule has 0 unspecified atom stereocenters. The van der Waals surface area contributed by atoms with Gasteiger partial charge in [-0.25, -0.2) is 0 Å². The number of rotatable bonds is 6. The Hall–Kier alpha value is -2.60. The van der Waals surface area contributed by atoms with E-state index in [0.717, 1.165) is 24.2 Å². The third kappa shape index (κ3) is 4.39. The average Bonchev–Trinajstić information content (AvgIpc) is 3.10. The molecule has 0 saturated carbocycles. The van der Waals surface area contributed by atoms with E-state index in [2.05, 4.69) is 15.9 Å². The van der Waals surface area contributed by atoms with Gasteiger partial charge in [-0.2, -0.15) is 0 Å². The second-order valence-corrected chi connectivity index (χ2v) is 7.03. The van der Waals surface area contributed by atoms with Crippen molar-refractivity contribution in [3.8, 4) is 11.5 Å². The molecular weight excluding hydrogens is 410 g/mol. The smallest absolute Gasteiger partial charge is 0.227 e. The number of nitrogens with zero attached hydrogens (tertiary/aromatic N) is 1. The summed E-state index contributed by atoms with van der Waals surface area (Å²) in [7, 11) is 0. The molecule has 5 nitrogen and oxygen atoms in total. The Balaban J connectivity index is 1.74. The van der Waals surface area contributed by atoms with Crippen molar-refractivity contribution in [2.24, 2.45) is 0 Å². The van der Waals surface area contributed by atoms with Crippen molar-refractivity contribution in [3.63, 3.8) is 0 Å². The van der Waals surface area contributed by atoms with Crippen molar-refractivity contribution in [2.75, 3.05) is 18.1 Å². The molecule has 2 aromatic rings. The van der Waals surface area contributed by atoms with Crippen LogP contribution in [0.15, 0.2) is 46.9 Å². The van der Waals surface area contributed by atoms with Crippen LogP contribution in [0.2, 0.25) is 0 Å². The van der Waals surface area contributed by atoms with Gasteiger partial charge in [0.1, 0.15) is 0 Å². The Labute approximate surface area is 166 Å². The highest BCUT2D eigenvalue weighted by molar-refractivity contribution is 9.10. The summed E-state index contributed by atoms with van der Waals surface area (Å²) >= 11 is 3.28. The second-order valence-electron chi connectivity index (χ2n) is 6.18. The zero-order valence-electron chi connectivity index (χ0n) is 14.9. The van der Waals surface area contributed by atoms with Crippen molar-refractivity contribution in [1.29, 1.82) is 0 Å². The number of ether oxygens (including phenoxy) is 1. The maximum absolute atomic E-state index is 12.4. The molecule has 2 aromatic carbocycles. The van der Waals surface area contributed by atoms with E-state index in [1.807, 2.05) is 6.92 Å². The van der Waals surface area contributed by atoms with E-state index in [0.29, 0.717) is 28.8 Å². The minimum atomic E-state index is -0.142. The highest BCUT2D eigenvalue weighted by atomic mass is 79.9. The minimum absolute atomic E-state index is 0.0346. The zero-order valence-corrected chi connectivity index (χ0v) is 16.5. The highest BCUT2D eigenvalue weighted by Crippen LogP contribution is 2.35. The third-order valence-corrected chi connectivity index (χ3v) is 4.92. The topological polar surface area (TPSA) is 66.8 Å². The summed E-state index contributed by atoms with van der Waals surface area (Å²) in [5.41, 5.74) is 2.10. The van der Waals surface area contributed by atoms with Crippen molar-refractivity contribution in [2.45, 2.75) is 19.8 Å². The van der Waals surface area contributed by atoms with E-state index in [1.54, 1.807) is 47.4 Å². The lowest BCUT2D eigenvalue weighted by Crippen LogP contribution is -2.23. The first-order chi connectivity index (χ1) is 13.0. The molecule has 1 N–H and O–H groups in total. The van der Waals surface area contributed by atoms with Crippen LogP contribution in [-0.2, 0) is 4.79 Å². The van der Waals surface area contributed by atoms with Crippen LogP contribution in [0.3, 0.4) is 0 Å². The number of hydrogen-bond acceptors (Lipinski definition) is 4. The quantitative estimate of drug-likeness (QED) is 0.539. The largest absolute Gasteiger partial charge is 0.503 e. The molecule has 6 heteroatoms. The number of halogens is 1. The minimum Gasteiger partial charge on any atom is -0.503 e. The number of phenolic OH excluding ortho intramolecular Hbond substituents is 1. The number of phenols is 1. The van der Waals surface area contributed by atoms with Crippen molar-refractivity contribution < 1.29 is 19.4 Å². The van der Waals surface area contributed by atoms with Crippen molar-refractivity contribution in [1.82, 2.24) is 0 Å². The molecule has 27 heavy (non-hydrogen) atoms. The molecule has 1 amide bonds. The maximum atomic E-state index is 12.4. The van der Waals surface area contributed by atoms with Crippen LogP contribution >= 0.6 is 15.9 Å². The van der Waals surface area contributed by atoms with Crippen LogP contribution in [-0.4, -0.2) is 29.9 Å². The van der Waals surface area contributed by atoms with Gasteiger partial charge in [-0.15, -0.1) is 0 Å². The molecule has 0 radical (unpaired) electrons. The van der Waals surface area contributed by atoms with Gasteiger partial charge in [0.2, 0.25) is 5.91 Å². The Morgan fingerprint density at radius 1 is 1.30 bits per heavy atom. The molecule has 140 valence electrons. The van der Waals surface area contributed by atoms with Gasteiger partial charge < -0.3 is 14.7 Å².